The maximum absolute atomic E-state index is 6.45. The van der Waals surface area contributed by atoms with Crippen LogP contribution < -0.4 is 19.9 Å². The van der Waals surface area contributed by atoms with Gasteiger partial charge in [0.2, 0.25) is 0 Å². The minimum atomic E-state index is -0.191. The van der Waals surface area contributed by atoms with Gasteiger partial charge in [0.05, 0.1) is 33.0 Å². The van der Waals surface area contributed by atoms with Gasteiger partial charge in [0.25, 0.3) is 0 Å². The Bertz CT molecular complexity index is 438. The zero-order chi connectivity index (χ0) is 14.7. The Morgan fingerprint density at radius 3 is 2.15 bits per heavy atom. The van der Waals surface area contributed by atoms with Crippen LogP contribution in [0.4, 0.5) is 0 Å². The summed E-state index contributed by atoms with van der Waals surface area (Å²) in [5.74, 6) is 2.32. The van der Waals surface area contributed by atoms with Gasteiger partial charge in [0, 0.05) is 30.7 Å². The number of rotatable bonds is 5. The van der Waals surface area contributed by atoms with E-state index in [-0.39, 0.29) is 18.1 Å². The summed E-state index contributed by atoms with van der Waals surface area (Å²) in [5.41, 5.74) is 7.33. The highest BCUT2D eigenvalue weighted by Crippen LogP contribution is 2.42. The van der Waals surface area contributed by atoms with E-state index in [1.807, 2.05) is 12.1 Å². The predicted octanol–water partition coefficient (Wildman–Crippen LogP) is 2.14. The fourth-order valence-electron chi connectivity index (χ4n) is 2.80. The number of nitrogens with two attached hydrogens (primary N) is 1. The highest BCUT2D eigenvalue weighted by atomic mass is 16.5. The molecule has 112 valence electrons. The molecule has 1 aromatic rings. The van der Waals surface area contributed by atoms with Gasteiger partial charge in [-0.1, -0.05) is 0 Å². The molecule has 0 saturated carbocycles. The monoisotopic (exact) mass is 281 g/mol. The van der Waals surface area contributed by atoms with Crippen molar-refractivity contribution in [2.24, 2.45) is 11.7 Å². The molecule has 1 saturated heterocycles. The summed E-state index contributed by atoms with van der Waals surface area (Å²) in [6, 6.07) is 3.47. The highest BCUT2D eigenvalue weighted by molar-refractivity contribution is 5.52. The van der Waals surface area contributed by atoms with Crippen LogP contribution in [0.2, 0.25) is 0 Å². The summed E-state index contributed by atoms with van der Waals surface area (Å²) in [7, 11) is 4.86. The van der Waals surface area contributed by atoms with Gasteiger partial charge in [-0.05, 0) is 13.3 Å². The summed E-state index contributed by atoms with van der Waals surface area (Å²) in [5, 5.41) is 0. The minimum absolute atomic E-state index is 0.140. The normalized spacial score (nSPS) is 23.4. The standard InChI is InChI=1S/C15H23NO4/c1-9-11(5-6-20-9)15(16)14-12(18-3)7-10(17-2)8-13(14)19-4/h7-9,11,15H,5-6,16H2,1-4H3. The Balaban J connectivity index is 2.42. The van der Waals surface area contributed by atoms with E-state index in [4.69, 9.17) is 24.7 Å². The van der Waals surface area contributed by atoms with Crippen LogP contribution in [-0.2, 0) is 4.74 Å². The summed E-state index contributed by atoms with van der Waals surface area (Å²) in [6.07, 6.45) is 1.09. The van der Waals surface area contributed by atoms with Crippen LogP contribution in [0.15, 0.2) is 12.1 Å². The van der Waals surface area contributed by atoms with Crippen LogP contribution in [0, 0.1) is 5.92 Å². The molecule has 1 aromatic carbocycles. The van der Waals surface area contributed by atoms with Gasteiger partial charge in [-0.2, -0.15) is 0 Å². The van der Waals surface area contributed by atoms with Crippen molar-refractivity contribution in [1.82, 2.24) is 0 Å². The van der Waals surface area contributed by atoms with Crippen molar-refractivity contribution in [2.45, 2.75) is 25.5 Å². The second-order valence-corrected chi connectivity index (χ2v) is 5.00. The van der Waals surface area contributed by atoms with E-state index < -0.39 is 0 Å². The number of ether oxygens (including phenoxy) is 4. The maximum Gasteiger partial charge on any atom is 0.131 e. The average molecular weight is 281 g/mol. The first kappa shape index (κ1) is 14.9. The van der Waals surface area contributed by atoms with E-state index >= 15 is 0 Å². The van der Waals surface area contributed by atoms with Crippen LogP contribution in [-0.4, -0.2) is 34.0 Å². The SMILES string of the molecule is COc1cc(OC)c(C(N)C2CCOC2C)c(OC)c1. The molecule has 0 spiro atoms. The Labute approximate surface area is 120 Å². The smallest absolute Gasteiger partial charge is 0.131 e. The largest absolute Gasteiger partial charge is 0.496 e. The molecule has 0 aliphatic carbocycles. The van der Waals surface area contributed by atoms with Gasteiger partial charge < -0.3 is 24.7 Å². The van der Waals surface area contributed by atoms with E-state index in [1.54, 1.807) is 21.3 Å². The van der Waals surface area contributed by atoms with E-state index in [0.29, 0.717) is 17.2 Å². The van der Waals surface area contributed by atoms with Gasteiger partial charge in [0.1, 0.15) is 17.2 Å². The van der Waals surface area contributed by atoms with Gasteiger partial charge in [0.15, 0.2) is 0 Å². The summed E-state index contributed by atoms with van der Waals surface area (Å²) < 4.78 is 21.8. The third-order valence-corrected chi connectivity index (χ3v) is 3.98. The molecule has 0 bridgehead atoms. The number of hydrogen-bond acceptors (Lipinski definition) is 5. The number of methoxy groups -OCH3 is 3. The van der Waals surface area contributed by atoms with Gasteiger partial charge in [-0.25, -0.2) is 0 Å². The molecule has 1 fully saturated rings. The van der Waals surface area contributed by atoms with Crippen molar-refractivity contribution < 1.29 is 18.9 Å². The predicted molar refractivity (Wildman–Crippen MR) is 76.5 cm³/mol. The minimum Gasteiger partial charge on any atom is -0.496 e. The van der Waals surface area contributed by atoms with Crippen molar-refractivity contribution in [3.05, 3.63) is 17.7 Å². The zero-order valence-corrected chi connectivity index (χ0v) is 12.5. The first-order valence-corrected chi connectivity index (χ1v) is 6.79. The van der Waals surface area contributed by atoms with Crippen LogP contribution in [0.1, 0.15) is 24.9 Å². The molecule has 2 rings (SSSR count). The second-order valence-electron chi connectivity index (χ2n) is 5.00. The molecule has 1 aliphatic rings. The first-order chi connectivity index (χ1) is 9.62. The van der Waals surface area contributed by atoms with Crippen molar-refractivity contribution in [3.63, 3.8) is 0 Å². The van der Waals surface area contributed by atoms with E-state index in [0.717, 1.165) is 18.6 Å². The molecule has 0 radical (unpaired) electrons. The first-order valence-electron chi connectivity index (χ1n) is 6.79. The molecule has 3 unspecified atom stereocenters. The summed E-state index contributed by atoms with van der Waals surface area (Å²) in [6.45, 7) is 2.81. The Morgan fingerprint density at radius 1 is 1.15 bits per heavy atom. The third kappa shape index (κ3) is 2.69. The molecule has 5 heteroatoms. The molecular formula is C15H23NO4. The molecule has 0 aromatic heterocycles. The molecule has 0 amide bonds. The van der Waals surface area contributed by atoms with Crippen molar-refractivity contribution in [1.29, 1.82) is 0 Å². The highest BCUT2D eigenvalue weighted by Gasteiger charge is 2.34. The lowest BCUT2D eigenvalue weighted by molar-refractivity contribution is 0.0990. The van der Waals surface area contributed by atoms with E-state index in [1.165, 1.54) is 0 Å². The van der Waals surface area contributed by atoms with Gasteiger partial charge >= 0.3 is 0 Å². The maximum atomic E-state index is 6.45. The quantitative estimate of drug-likeness (QED) is 0.896. The molecule has 3 atom stereocenters. The molecule has 1 heterocycles. The van der Waals surface area contributed by atoms with E-state index in [2.05, 4.69) is 6.92 Å². The molecule has 2 N–H and O–H groups in total. The Morgan fingerprint density at radius 2 is 1.75 bits per heavy atom. The zero-order valence-electron chi connectivity index (χ0n) is 12.5. The van der Waals surface area contributed by atoms with Gasteiger partial charge in [-0.3, -0.25) is 0 Å². The molecular weight excluding hydrogens is 258 g/mol. The molecule has 5 nitrogen and oxygen atoms in total. The Kier molecular flexibility index (Phi) is 4.73. The van der Waals surface area contributed by atoms with Crippen molar-refractivity contribution >= 4 is 0 Å². The molecule has 20 heavy (non-hydrogen) atoms. The summed E-state index contributed by atoms with van der Waals surface area (Å²) >= 11 is 0. The topological polar surface area (TPSA) is 62.9 Å². The van der Waals surface area contributed by atoms with Crippen LogP contribution in [0.3, 0.4) is 0 Å². The van der Waals surface area contributed by atoms with Crippen LogP contribution in [0.25, 0.3) is 0 Å². The van der Waals surface area contributed by atoms with Crippen molar-refractivity contribution in [2.75, 3.05) is 27.9 Å². The van der Waals surface area contributed by atoms with E-state index in [9.17, 15) is 0 Å². The summed E-state index contributed by atoms with van der Waals surface area (Å²) in [4.78, 5) is 0. The lowest BCUT2D eigenvalue weighted by Crippen LogP contribution is -2.27. The third-order valence-electron chi connectivity index (χ3n) is 3.98. The number of benzene rings is 1. The number of hydrogen-bond donors (Lipinski definition) is 1. The molecule has 1 aliphatic heterocycles. The fraction of sp³-hybridized carbons (Fsp3) is 0.600. The van der Waals surface area contributed by atoms with Crippen LogP contribution in [0.5, 0.6) is 17.2 Å². The lowest BCUT2D eigenvalue weighted by atomic mass is 9.88. The van der Waals surface area contributed by atoms with Crippen LogP contribution >= 0.6 is 0 Å². The van der Waals surface area contributed by atoms with Gasteiger partial charge in [-0.15, -0.1) is 0 Å². The average Bonchev–Trinajstić information content (AvgIpc) is 2.91. The Hall–Kier alpha value is -1.46. The second kappa shape index (κ2) is 6.33. The van der Waals surface area contributed by atoms with Crippen molar-refractivity contribution in [3.8, 4) is 17.2 Å². The lowest BCUT2D eigenvalue weighted by Gasteiger charge is -2.26. The fourth-order valence-corrected chi connectivity index (χ4v) is 2.80.